The van der Waals surface area contributed by atoms with Gasteiger partial charge in [-0.05, 0) is 37.9 Å². The van der Waals surface area contributed by atoms with Gasteiger partial charge in [-0.1, -0.05) is 0 Å². The Labute approximate surface area is 94.3 Å². The summed E-state index contributed by atoms with van der Waals surface area (Å²) in [5, 5.41) is 3.29. The van der Waals surface area contributed by atoms with Crippen molar-refractivity contribution in [1.29, 1.82) is 0 Å². The molecule has 4 nitrogen and oxygen atoms in total. The molecule has 1 aromatic heterocycles. The molecule has 1 N–H and O–H groups in total. The molecule has 2 heterocycles. The van der Waals surface area contributed by atoms with Crippen molar-refractivity contribution in [2.75, 3.05) is 13.1 Å². The van der Waals surface area contributed by atoms with Crippen LogP contribution in [0.1, 0.15) is 23.2 Å². The van der Waals surface area contributed by atoms with E-state index >= 15 is 0 Å². The fourth-order valence-corrected chi connectivity index (χ4v) is 2.10. The van der Waals surface area contributed by atoms with Crippen LogP contribution in [-0.2, 0) is 6.54 Å². The van der Waals surface area contributed by atoms with Crippen LogP contribution in [0.2, 0.25) is 0 Å². The minimum Gasteiger partial charge on any atom is -0.317 e. The van der Waals surface area contributed by atoms with Crippen LogP contribution in [-0.4, -0.2) is 23.9 Å². The Kier molecular flexibility index (Phi) is 3.51. The fraction of sp³-hybridized carbons (Fsp3) is 0.500. The predicted octanol–water partition coefficient (Wildman–Crippen LogP) is 0.660. The van der Waals surface area contributed by atoms with E-state index in [-0.39, 0.29) is 5.56 Å². The molecule has 0 atom stereocenters. The maximum atomic E-state index is 11.6. The van der Waals surface area contributed by atoms with Crippen LogP contribution < -0.4 is 10.9 Å². The highest BCUT2D eigenvalue weighted by molar-refractivity contribution is 5.73. The van der Waals surface area contributed by atoms with E-state index in [1.165, 1.54) is 6.07 Å². The summed E-state index contributed by atoms with van der Waals surface area (Å²) in [5.41, 5.74) is 0.540. The third kappa shape index (κ3) is 2.58. The van der Waals surface area contributed by atoms with Crippen molar-refractivity contribution in [2.24, 2.45) is 5.92 Å². The molecule has 86 valence electrons. The zero-order chi connectivity index (χ0) is 11.4. The summed E-state index contributed by atoms with van der Waals surface area (Å²) in [7, 11) is 0. The van der Waals surface area contributed by atoms with Gasteiger partial charge in [0.2, 0.25) is 0 Å². The number of carbonyl (C=O) groups is 1. The number of hydrogen-bond donors (Lipinski definition) is 1. The lowest BCUT2D eigenvalue weighted by molar-refractivity contribution is 0.112. The Balaban J connectivity index is 2.12. The summed E-state index contributed by atoms with van der Waals surface area (Å²) < 4.78 is 1.65. The monoisotopic (exact) mass is 220 g/mol. The Morgan fingerprint density at radius 3 is 2.81 bits per heavy atom. The summed E-state index contributed by atoms with van der Waals surface area (Å²) in [6.07, 6.45) is 4.62. The van der Waals surface area contributed by atoms with Crippen LogP contribution in [0.3, 0.4) is 0 Å². The molecule has 1 aromatic rings. The van der Waals surface area contributed by atoms with Crippen molar-refractivity contribution in [3.8, 4) is 0 Å². The van der Waals surface area contributed by atoms with Crippen LogP contribution >= 0.6 is 0 Å². The molecule has 0 saturated carbocycles. The second kappa shape index (κ2) is 5.07. The number of aldehydes is 1. The molecule has 0 aliphatic carbocycles. The molecule has 4 heteroatoms. The molecular formula is C12H16N2O2. The number of piperidine rings is 1. The molecule has 16 heavy (non-hydrogen) atoms. The van der Waals surface area contributed by atoms with Gasteiger partial charge in [-0.3, -0.25) is 9.59 Å². The van der Waals surface area contributed by atoms with Crippen molar-refractivity contribution in [3.05, 3.63) is 34.2 Å². The van der Waals surface area contributed by atoms with Gasteiger partial charge in [0, 0.05) is 24.4 Å². The maximum Gasteiger partial charge on any atom is 0.250 e. The second-order valence-corrected chi connectivity index (χ2v) is 4.26. The molecule has 0 unspecified atom stereocenters. The highest BCUT2D eigenvalue weighted by Crippen LogP contribution is 2.13. The van der Waals surface area contributed by atoms with E-state index in [4.69, 9.17) is 0 Å². The molecule has 1 fully saturated rings. The Bertz CT molecular complexity index is 419. The van der Waals surface area contributed by atoms with Gasteiger partial charge in [-0.2, -0.15) is 0 Å². The van der Waals surface area contributed by atoms with Gasteiger partial charge in [0.15, 0.2) is 6.29 Å². The highest BCUT2D eigenvalue weighted by Gasteiger charge is 2.13. The van der Waals surface area contributed by atoms with Gasteiger partial charge in [0.1, 0.15) is 0 Å². The highest BCUT2D eigenvalue weighted by atomic mass is 16.1. The average Bonchev–Trinajstić information content (AvgIpc) is 2.33. The van der Waals surface area contributed by atoms with Crippen LogP contribution in [0.4, 0.5) is 0 Å². The molecular weight excluding hydrogens is 204 g/mol. The number of aromatic nitrogens is 1. The lowest BCUT2D eigenvalue weighted by atomic mass is 9.98. The molecule has 1 aliphatic heterocycles. The van der Waals surface area contributed by atoms with Crippen molar-refractivity contribution in [1.82, 2.24) is 9.88 Å². The van der Waals surface area contributed by atoms with Gasteiger partial charge in [-0.15, -0.1) is 0 Å². The van der Waals surface area contributed by atoms with E-state index in [0.29, 0.717) is 11.5 Å². The van der Waals surface area contributed by atoms with E-state index in [0.717, 1.165) is 38.8 Å². The van der Waals surface area contributed by atoms with E-state index < -0.39 is 0 Å². The summed E-state index contributed by atoms with van der Waals surface area (Å²) in [6, 6.07) is 3.03. The fourth-order valence-electron chi connectivity index (χ4n) is 2.10. The molecule has 0 aromatic carbocycles. The number of rotatable bonds is 3. The third-order valence-corrected chi connectivity index (χ3v) is 3.06. The number of carbonyl (C=O) groups excluding carboxylic acids is 1. The summed E-state index contributed by atoms with van der Waals surface area (Å²) in [4.78, 5) is 22.2. The van der Waals surface area contributed by atoms with Crippen LogP contribution in [0.25, 0.3) is 0 Å². The zero-order valence-electron chi connectivity index (χ0n) is 9.19. The number of hydrogen-bond acceptors (Lipinski definition) is 3. The van der Waals surface area contributed by atoms with Crippen molar-refractivity contribution in [3.63, 3.8) is 0 Å². The Hall–Kier alpha value is -1.42. The minimum atomic E-state index is -0.0240. The molecule has 1 aliphatic rings. The second-order valence-electron chi connectivity index (χ2n) is 4.26. The van der Waals surface area contributed by atoms with Gasteiger partial charge < -0.3 is 9.88 Å². The third-order valence-electron chi connectivity index (χ3n) is 3.06. The summed E-state index contributed by atoms with van der Waals surface area (Å²) in [5.74, 6) is 0.542. The van der Waals surface area contributed by atoms with Crippen molar-refractivity contribution < 1.29 is 4.79 Å². The standard InChI is InChI=1S/C12H16N2O2/c15-9-11-1-2-12(16)14(8-11)7-10-3-5-13-6-4-10/h1-2,8-10,13H,3-7H2. The molecule has 1 saturated heterocycles. The topological polar surface area (TPSA) is 51.1 Å². The minimum absolute atomic E-state index is 0.0240. The molecule has 0 radical (unpaired) electrons. The van der Waals surface area contributed by atoms with E-state index in [1.807, 2.05) is 0 Å². The Morgan fingerprint density at radius 1 is 1.38 bits per heavy atom. The largest absolute Gasteiger partial charge is 0.317 e. The van der Waals surface area contributed by atoms with Crippen molar-refractivity contribution in [2.45, 2.75) is 19.4 Å². The van der Waals surface area contributed by atoms with Crippen LogP contribution in [0.15, 0.2) is 23.1 Å². The van der Waals surface area contributed by atoms with E-state index in [9.17, 15) is 9.59 Å². The number of nitrogens with zero attached hydrogens (tertiary/aromatic N) is 1. The van der Waals surface area contributed by atoms with Gasteiger partial charge in [0.05, 0.1) is 0 Å². The van der Waals surface area contributed by atoms with E-state index in [2.05, 4.69) is 5.32 Å². The predicted molar refractivity (Wildman–Crippen MR) is 61.7 cm³/mol. The van der Waals surface area contributed by atoms with Crippen molar-refractivity contribution >= 4 is 6.29 Å². The first-order valence-corrected chi connectivity index (χ1v) is 5.66. The van der Waals surface area contributed by atoms with Crippen LogP contribution in [0, 0.1) is 5.92 Å². The molecule has 0 bridgehead atoms. The number of pyridine rings is 1. The molecule has 0 spiro atoms. The normalized spacial score (nSPS) is 17.2. The first-order chi connectivity index (χ1) is 7.79. The van der Waals surface area contributed by atoms with E-state index in [1.54, 1.807) is 16.8 Å². The van der Waals surface area contributed by atoms with Gasteiger partial charge in [0.25, 0.3) is 5.56 Å². The lowest BCUT2D eigenvalue weighted by Gasteiger charge is -2.23. The molecule has 0 amide bonds. The van der Waals surface area contributed by atoms with Crippen LogP contribution in [0.5, 0.6) is 0 Å². The average molecular weight is 220 g/mol. The lowest BCUT2D eigenvalue weighted by Crippen LogP contribution is -2.32. The van der Waals surface area contributed by atoms with Gasteiger partial charge >= 0.3 is 0 Å². The van der Waals surface area contributed by atoms with Gasteiger partial charge in [-0.25, -0.2) is 0 Å². The molecule has 2 rings (SSSR count). The number of nitrogens with one attached hydrogen (secondary N) is 1. The SMILES string of the molecule is O=Cc1ccc(=O)n(CC2CCNCC2)c1. The maximum absolute atomic E-state index is 11.6. The Morgan fingerprint density at radius 2 is 2.12 bits per heavy atom. The zero-order valence-corrected chi connectivity index (χ0v) is 9.19. The summed E-state index contributed by atoms with van der Waals surface area (Å²) in [6.45, 7) is 2.77. The smallest absolute Gasteiger partial charge is 0.250 e. The summed E-state index contributed by atoms with van der Waals surface area (Å²) >= 11 is 0. The first-order valence-electron chi connectivity index (χ1n) is 5.66. The first kappa shape index (κ1) is 11.1. The quantitative estimate of drug-likeness (QED) is 0.761.